The minimum atomic E-state index is -0.347. The lowest BCUT2D eigenvalue weighted by Crippen LogP contribution is -2.30. The second kappa shape index (κ2) is 7.97. The molecule has 0 aliphatic carbocycles. The fourth-order valence-corrected chi connectivity index (χ4v) is 2.82. The maximum Gasteiger partial charge on any atom is 0.226 e. The van der Waals surface area contributed by atoms with Crippen molar-refractivity contribution >= 4 is 17.5 Å². The van der Waals surface area contributed by atoms with E-state index in [1.807, 2.05) is 54.6 Å². The number of benzene rings is 2. The predicted molar refractivity (Wildman–Crippen MR) is 101 cm³/mol. The van der Waals surface area contributed by atoms with E-state index in [1.165, 1.54) is 6.92 Å². The first kappa shape index (κ1) is 18.7. The molecule has 1 atom stereocenters. The van der Waals surface area contributed by atoms with Crippen molar-refractivity contribution in [3.8, 4) is 0 Å². The molecular weight excluding hydrogens is 312 g/mol. The molecule has 0 aromatic heterocycles. The molecule has 0 unspecified atom stereocenters. The van der Waals surface area contributed by atoms with Gasteiger partial charge in [0.05, 0.1) is 12.5 Å². The molecule has 0 aliphatic rings. The summed E-state index contributed by atoms with van der Waals surface area (Å²) in [6.45, 7) is 7.80. The normalized spacial score (nSPS) is 12.3. The van der Waals surface area contributed by atoms with Crippen molar-refractivity contribution in [3.63, 3.8) is 0 Å². The van der Waals surface area contributed by atoms with Gasteiger partial charge >= 0.3 is 0 Å². The van der Waals surface area contributed by atoms with E-state index >= 15 is 0 Å². The number of hydrogen-bond donors (Lipinski definition) is 2. The summed E-state index contributed by atoms with van der Waals surface area (Å²) in [4.78, 5) is 24.1. The molecule has 0 saturated heterocycles. The van der Waals surface area contributed by atoms with Gasteiger partial charge in [0.1, 0.15) is 0 Å². The first-order chi connectivity index (χ1) is 11.8. The van der Waals surface area contributed by atoms with Crippen LogP contribution >= 0.6 is 0 Å². The standard InChI is InChI=1S/C21H26N2O2/c1-15(24)22-19(16-10-6-5-7-11-16)14-20(25)23-18-13-9-8-12-17(18)21(2,3)4/h5-13,19H,14H2,1-4H3,(H,22,24)(H,23,25)/t19-/m1/s1. The van der Waals surface area contributed by atoms with E-state index in [2.05, 4.69) is 31.4 Å². The third-order valence-corrected chi connectivity index (χ3v) is 3.98. The third-order valence-electron chi connectivity index (χ3n) is 3.98. The summed E-state index contributed by atoms with van der Waals surface area (Å²) in [5.41, 5.74) is 2.74. The van der Waals surface area contributed by atoms with E-state index in [0.717, 1.165) is 16.8 Å². The molecule has 0 bridgehead atoms. The Balaban J connectivity index is 2.16. The molecule has 4 nitrogen and oxygen atoms in total. The van der Waals surface area contributed by atoms with Gasteiger partial charge in [0.15, 0.2) is 0 Å². The van der Waals surface area contributed by atoms with Gasteiger partial charge in [-0.3, -0.25) is 9.59 Å². The first-order valence-corrected chi connectivity index (χ1v) is 8.49. The summed E-state index contributed by atoms with van der Waals surface area (Å²) in [6.07, 6.45) is 0.183. The Labute approximate surface area is 149 Å². The fraction of sp³-hybridized carbons (Fsp3) is 0.333. The molecule has 25 heavy (non-hydrogen) atoms. The highest BCUT2D eigenvalue weighted by Crippen LogP contribution is 2.29. The lowest BCUT2D eigenvalue weighted by molar-refractivity contribution is -0.120. The van der Waals surface area contributed by atoms with Crippen molar-refractivity contribution in [1.82, 2.24) is 5.32 Å². The van der Waals surface area contributed by atoms with Crippen molar-refractivity contribution in [2.75, 3.05) is 5.32 Å². The molecular formula is C21H26N2O2. The minimum Gasteiger partial charge on any atom is -0.349 e. The Hall–Kier alpha value is -2.62. The highest BCUT2D eigenvalue weighted by molar-refractivity contribution is 5.92. The van der Waals surface area contributed by atoms with Gasteiger partial charge in [-0.25, -0.2) is 0 Å². The summed E-state index contributed by atoms with van der Waals surface area (Å²) in [6, 6.07) is 17.0. The smallest absolute Gasteiger partial charge is 0.226 e. The lowest BCUT2D eigenvalue weighted by atomic mass is 9.86. The highest BCUT2D eigenvalue weighted by atomic mass is 16.2. The lowest BCUT2D eigenvalue weighted by Gasteiger charge is -2.24. The quantitative estimate of drug-likeness (QED) is 0.859. The maximum absolute atomic E-state index is 12.6. The molecule has 0 spiro atoms. The molecule has 2 N–H and O–H groups in total. The topological polar surface area (TPSA) is 58.2 Å². The van der Waals surface area contributed by atoms with Crippen LogP contribution in [0.15, 0.2) is 54.6 Å². The molecule has 0 saturated carbocycles. The van der Waals surface area contributed by atoms with Crippen LogP contribution in [0, 0.1) is 0 Å². The van der Waals surface area contributed by atoms with Gasteiger partial charge in [-0.1, -0.05) is 69.3 Å². The van der Waals surface area contributed by atoms with Gasteiger partial charge in [-0.15, -0.1) is 0 Å². The number of nitrogens with one attached hydrogen (secondary N) is 2. The van der Waals surface area contributed by atoms with E-state index in [0.29, 0.717) is 0 Å². The number of amides is 2. The van der Waals surface area contributed by atoms with Crippen LogP contribution in [0.25, 0.3) is 0 Å². The van der Waals surface area contributed by atoms with Crippen molar-refractivity contribution < 1.29 is 9.59 Å². The number of rotatable bonds is 5. The molecule has 132 valence electrons. The first-order valence-electron chi connectivity index (χ1n) is 8.49. The van der Waals surface area contributed by atoms with Crippen molar-refractivity contribution in [2.24, 2.45) is 0 Å². The van der Waals surface area contributed by atoms with Crippen molar-refractivity contribution in [2.45, 2.75) is 45.6 Å². The second-order valence-corrected chi connectivity index (χ2v) is 7.21. The second-order valence-electron chi connectivity index (χ2n) is 7.21. The Morgan fingerprint density at radius 3 is 2.16 bits per heavy atom. The van der Waals surface area contributed by atoms with Crippen LogP contribution in [0.3, 0.4) is 0 Å². The zero-order valence-corrected chi connectivity index (χ0v) is 15.3. The van der Waals surface area contributed by atoms with Crippen LogP contribution in [0.1, 0.15) is 51.3 Å². The molecule has 2 aromatic rings. The van der Waals surface area contributed by atoms with Crippen LogP contribution < -0.4 is 10.6 Å². The minimum absolute atomic E-state index is 0.0691. The molecule has 0 aliphatic heterocycles. The monoisotopic (exact) mass is 338 g/mol. The average Bonchev–Trinajstić information content (AvgIpc) is 2.54. The summed E-state index contributed by atoms with van der Waals surface area (Å²) in [5, 5.41) is 5.86. The summed E-state index contributed by atoms with van der Waals surface area (Å²) in [7, 11) is 0. The molecule has 2 rings (SSSR count). The van der Waals surface area contributed by atoms with Crippen LogP contribution in [-0.4, -0.2) is 11.8 Å². The van der Waals surface area contributed by atoms with Gasteiger partial charge in [-0.05, 0) is 22.6 Å². The van der Waals surface area contributed by atoms with E-state index in [9.17, 15) is 9.59 Å². The van der Waals surface area contributed by atoms with Gasteiger partial charge in [0.25, 0.3) is 0 Å². The molecule has 0 radical (unpaired) electrons. The number of anilines is 1. The zero-order valence-electron chi connectivity index (χ0n) is 15.3. The molecule has 4 heteroatoms. The van der Waals surface area contributed by atoms with Gasteiger partial charge in [0, 0.05) is 12.6 Å². The zero-order chi connectivity index (χ0) is 18.4. The molecule has 0 fully saturated rings. The largest absolute Gasteiger partial charge is 0.349 e. The number of hydrogen-bond acceptors (Lipinski definition) is 2. The van der Waals surface area contributed by atoms with Gasteiger partial charge < -0.3 is 10.6 Å². The van der Waals surface area contributed by atoms with Gasteiger partial charge in [0.2, 0.25) is 11.8 Å². The third kappa shape index (κ3) is 5.45. The Kier molecular flexibility index (Phi) is 5.97. The predicted octanol–water partition coefficient (Wildman–Crippen LogP) is 4.19. The number of para-hydroxylation sites is 1. The van der Waals surface area contributed by atoms with Crippen LogP contribution in [0.4, 0.5) is 5.69 Å². The summed E-state index contributed by atoms with van der Waals surface area (Å²) >= 11 is 0. The molecule has 0 heterocycles. The Morgan fingerprint density at radius 2 is 1.56 bits per heavy atom. The van der Waals surface area contributed by atoms with E-state index in [1.54, 1.807) is 0 Å². The number of carbonyl (C=O) groups is 2. The molecule has 2 amide bonds. The van der Waals surface area contributed by atoms with Crippen LogP contribution in [-0.2, 0) is 15.0 Å². The van der Waals surface area contributed by atoms with E-state index in [-0.39, 0.29) is 29.7 Å². The summed E-state index contributed by atoms with van der Waals surface area (Å²) in [5.74, 6) is -0.281. The van der Waals surface area contributed by atoms with Gasteiger partial charge in [-0.2, -0.15) is 0 Å². The maximum atomic E-state index is 12.6. The number of carbonyl (C=O) groups excluding carboxylic acids is 2. The Morgan fingerprint density at radius 1 is 0.960 bits per heavy atom. The van der Waals surface area contributed by atoms with Crippen LogP contribution in [0.5, 0.6) is 0 Å². The average molecular weight is 338 g/mol. The fourth-order valence-electron chi connectivity index (χ4n) is 2.82. The highest BCUT2D eigenvalue weighted by Gasteiger charge is 2.21. The Bertz CT molecular complexity index is 733. The van der Waals surface area contributed by atoms with Crippen molar-refractivity contribution in [1.29, 1.82) is 0 Å². The van der Waals surface area contributed by atoms with E-state index < -0.39 is 0 Å². The SMILES string of the molecule is CC(=O)N[C@H](CC(=O)Nc1ccccc1C(C)(C)C)c1ccccc1. The summed E-state index contributed by atoms with van der Waals surface area (Å²) < 4.78 is 0. The molecule has 2 aromatic carbocycles. The van der Waals surface area contributed by atoms with Crippen molar-refractivity contribution in [3.05, 3.63) is 65.7 Å². The van der Waals surface area contributed by atoms with Crippen LogP contribution in [0.2, 0.25) is 0 Å². The van der Waals surface area contributed by atoms with E-state index in [4.69, 9.17) is 0 Å².